The standard InChI is InChI=1S/C18H22N2O4S2/c1-18(2,14-6-4-3-5-7-14)20-26(23,24)17-12-10-16(11-13-17)25(21,22)19-15-8-9-15/h3-7,10-13,15,19-20H,8-9H2,1-2H3. The summed E-state index contributed by atoms with van der Waals surface area (Å²) in [6.07, 6.45) is 1.67. The van der Waals surface area contributed by atoms with Crippen LogP contribution in [-0.2, 0) is 25.6 Å². The van der Waals surface area contributed by atoms with Crippen LogP contribution in [0.4, 0.5) is 0 Å². The first-order valence-corrected chi connectivity index (χ1v) is 11.3. The van der Waals surface area contributed by atoms with Crippen molar-refractivity contribution >= 4 is 20.0 Å². The highest BCUT2D eigenvalue weighted by Crippen LogP contribution is 2.25. The molecule has 26 heavy (non-hydrogen) atoms. The van der Waals surface area contributed by atoms with Crippen molar-refractivity contribution in [3.05, 3.63) is 60.2 Å². The van der Waals surface area contributed by atoms with Gasteiger partial charge in [-0.1, -0.05) is 30.3 Å². The second kappa shape index (κ2) is 6.77. The van der Waals surface area contributed by atoms with Crippen LogP contribution < -0.4 is 9.44 Å². The van der Waals surface area contributed by atoms with E-state index in [1.165, 1.54) is 24.3 Å². The summed E-state index contributed by atoms with van der Waals surface area (Å²) in [4.78, 5) is 0.0811. The van der Waals surface area contributed by atoms with Gasteiger partial charge < -0.3 is 0 Å². The van der Waals surface area contributed by atoms with Gasteiger partial charge >= 0.3 is 0 Å². The lowest BCUT2D eigenvalue weighted by molar-refractivity contribution is 0.472. The molecule has 140 valence electrons. The second-order valence-electron chi connectivity index (χ2n) is 6.96. The van der Waals surface area contributed by atoms with Gasteiger partial charge in [0.15, 0.2) is 0 Å². The van der Waals surface area contributed by atoms with Gasteiger partial charge in [0.05, 0.1) is 15.3 Å². The molecule has 1 aliphatic carbocycles. The van der Waals surface area contributed by atoms with Crippen LogP contribution in [0.1, 0.15) is 32.3 Å². The zero-order chi connectivity index (χ0) is 19.0. The Hall–Kier alpha value is -1.74. The summed E-state index contributed by atoms with van der Waals surface area (Å²) < 4.78 is 55.0. The Balaban J connectivity index is 1.81. The molecule has 6 nitrogen and oxygen atoms in total. The van der Waals surface area contributed by atoms with Gasteiger partial charge in [0, 0.05) is 6.04 Å². The molecule has 0 bridgehead atoms. The molecule has 0 heterocycles. The fraction of sp³-hybridized carbons (Fsp3) is 0.333. The van der Waals surface area contributed by atoms with Crippen molar-refractivity contribution in [3.8, 4) is 0 Å². The molecule has 0 amide bonds. The van der Waals surface area contributed by atoms with Crippen LogP contribution in [-0.4, -0.2) is 22.9 Å². The number of nitrogens with one attached hydrogen (secondary N) is 2. The lowest BCUT2D eigenvalue weighted by Gasteiger charge is -2.26. The van der Waals surface area contributed by atoms with Crippen molar-refractivity contribution < 1.29 is 16.8 Å². The zero-order valence-electron chi connectivity index (χ0n) is 14.6. The van der Waals surface area contributed by atoms with E-state index in [2.05, 4.69) is 9.44 Å². The van der Waals surface area contributed by atoms with E-state index in [9.17, 15) is 16.8 Å². The first kappa shape index (κ1) is 19.0. The number of hydrogen-bond acceptors (Lipinski definition) is 4. The van der Waals surface area contributed by atoms with Crippen molar-refractivity contribution in [3.63, 3.8) is 0 Å². The summed E-state index contributed by atoms with van der Waals surface area (Å²) in [5.74, 6) is 0. The minimum absolute atomic E-state index is 0.00301. The minimum Gasteiger partial charge on any atom is -0.208 e. The first-order valence-electron chi connectivity index (χ1n) is 8.32. The summed E-state index contributed by atoms with van der Waals surface area (Å²) in [6.45, 7) is 3.55. The molecule has 0 aromatic heterocycles. The van der Waals surface area contributed by atoms with Crippen LogP contribution in [0.25, 0.3) is 0 Å². The number of benzene rings is 2. The van der Waals surface area contributed by atoms with Gasteiger partial charge in [-0.2, -0.15) is 0 Å². The molecule has 2 aromatic rings. The summed E-state index contributed by atoms with van der Waals surface area (Å²) in [6, 6.07) is 14.5. The van der Waals surface area contributed by atoms with Gasteiger partial charge in [0.25, 0.3) is 0 Å². The number of sulfonamides is 2. The molecule has 0 aliphatic heterocycles. The van der Waals surface area contributed by atoms with E-state index in [4.69, 9.17) is 0 Å². The fourth-order valence-electron chi connectivity index (χ4n) is 2.60. The van der Waals surface area contributed by atoms with Crippen molar-refractivity contribution in [2.75, 3.05) is 0 Å². The van der Waals surface area contributed by atoms with E-state index >= 15 is 0 Å². The maximum Gasteiger partial charge on any atom is 0.241 e. The third kappa shape index (κ3) is 4.32. The zero-order valence-corrected chi connectivity index (χ0v) is 16.3. The van der Waals surface area contributed by atoms with Crippen LogP contribution in [0.3, 0.4) is 0 Å². The summed E-state index contributed by atoms with van der Waals surface area (Å²) in [5, 5.41) is 0. The predicted molar refractivity (Wildman–Crippen MR) is 99.6 cm³/mol. The molecule has 1 fully saturated rings. The van der Waals surface area contributed by atoms with Crippen LogP contribution in [0, 0.1) is 0 Å². The van der Waals surface area contributed by atoms with Crippen molar-refractivity contribution in [2.45, 2.75) is 48.1 Å². The number of rotatable bonds is 7. The molecular weight excluding hydrogens is 372 g/mol. The lowest BCUT2D eigenvalue weighted by Crippen LogP contribution is -2.40. The van der Waals surface area contributed by atoms with Crippen LogP contribution in [0.15, 0.2) is 64.4 Å². The molecular formula is C18H22N2O4S2. The van der Waals surface area contributed by atoms with Crippen molar-refractivity contribution in [2.24, 2.45) is 0 Å². The molecule has 0 spiro atoms. The highest BCUT2D eigenvalue weighted by Gasteiger charge is 2.30. The topological polar surface area (TPSA) is 92.3 Å². The van der Waals surface area contributed by atoms with Crippen LogP contribution in [0.5, 0.6) is 0 Å². The van der Waals surface area contributed by atoms with Gasteiger partial charge in [0.2, 0.25) is 20.0 Å². The Kier molecular flexibility index (Phi) is 4.96. The molecule has 2 aromatic carbocycles. The summed E-state index contributed by atoms with van der Waals surface area (Å²) in [5.41, 5.74) is 0.0228. The molecule has 2 N–H and O–H groups in total. The third-order valence-electron chi connectivity index (χ3n) is 4.23. The highest BCUT2D eigenvalue weighted by atomic mass is 32.2. The van der Waals surface area contributed by atoms with E-state index in [0.717, 1.165) is 18.4 Å². The number of hydrogen-bond donors (Lipinski definition) is 2. The maximum atomic E-state index is 12.7. The lowest BCUT2D eigenvalue weighted by atomic mass is 9.96. The van der Waals surface area contributed by atoms with Gasteiger partial charge in [-0.05, 0) is 56.5 Å². The van der Waals surface area contributed by atoms with Crippen LogP contribution in [0.2, 0.25) is 0 Å². The molecule has 0 unspecified atom stereocenters. The van der Waals surface area contributed by atoms with Gasteiger partial charge in [-0.3, -0.25) is 0 Å². The molecule has 8 heteroatoms. The molecule has 0 atom stereocenters. The quantitative estimate of drug-likeness (QED) is 0.754. The fourth-order valence-corrected chi connectivity index (χ4v) is 5.30. The Bertz CT molecular complexity index is 979. The van der Waals surface area contributed by atoms with Crippen LogP contribution >= 0.6 is 0 Å². The van der Waals surface area contributed by atoms with E-state index < -0.39 is 25.6 Å². The average molecular weight is 395 g/mol. The minimum atomic E-state index is -3.80. The van der Waals surface area contributed by atoms with E-state index in [0.29, 0.717) is 0 Å². The molecule has 1 saturated carbocycles. The Labute approximate surface area is 154 Å². The monoisotopic (exact) mass is 394 g/mol. The molecule has 0 saturated heterocycles. The van der Waals surface area contributed by atoms with Gasteiger partial charge in [-0.25, -0.2) is 26.3 Å². The second-order valence-corrected chi connectivity index (χ2v) is 10.4. The SMILES string of the molecule is CC(C)(NS(=O)(=O)c1ccc(S(=O)(=O)NC2CC2)cc1)c1ccccc1. The van der Waals surface area contributed by atoms with Crippen molar-refractivity contribution in [1.29, 1.82) is 0 Å². The Morgan fingerprint density at radius 2 is 1.31 bits per heavy atom. The Morgan fingerprint density at radius 3 is 1.81 bits per heavy atom. The average Bonchev–Trinajstić information content (AvgIpc) is 3.38. The molecule has 0 radical (unpaired) electrons. The van der Waals surface area contributed by atoms with E-state index in [1.54, 1.807) is 13.8 Å². The predicted octanol–water partition coefficient (Wildman–Crippen LogP) is 2.34. The highest BCUT2D eigenvalue weighted by molar-refractivity contribution is 7.90. The first-order chi connectivity index (χ1) is 12.1. The Morgan fingerprint density at radius 1 is 0.808 bits per heavy atom. The normalized spacial score (nSPS) is 15.8. The smallest absolute Gasteiger partial charge is 0.208 e. The third-order valence-corrected chi connectivity index (χ3v) is 7.44. The van der Waals surface area contributed by atoms with Gasteiger partial charge in [-0.15, -0.1) is 0 Å². The van der Waals surface area contributed by atoms with Gasteiger partial charge in [0.1, 0.15) is 0 Å². The molecule has 3 rings (SSSR count). The maximum absolute atomic E-state index is 12.7. The van der Waals surface area contributed by atoms with Crippen molar-refractivity contribution in [1.82, 2.24) is 9.44 Å². The summed E-state index contributed by atoms with van der Waals surface area (Å²) in [7, 11) is -7.41. The van der Waals surface area contributed by atoms with E-state index in [1.807, 2.05) is 30.3 Å². The summed E-state index contributed by atoms with van der Waals surface area (Å²) >= 11 is 0. The largest absolute Gasteiger partial charge is 0.241 e. The van der Waals surface area contributed by atoms with E-state index in [-0.39, 0.29) is 15.8 Å². The molecule has 1 aliphatic rings.